The molecule has 0 saturated carbocycles. The van der Waals surface area contributed by atoms with Gasteiger partial charge in [-0.3, -0.25) is 0 Å². The molecule has 1 aromatic carbocycles. The van der Waals surface area contributed by atoms with Crippen LogP contribution in [0.4, 0.5) is 0 Å². The number of hydrogen-bond acceptors (Lipinski definition) is 2. The van der Waals surface area contributed by atoms with E-state index < -0.39 is 0 Å². The number of nitrogens with one attached hydrogen (secondary N) is 1. The lowest BCUT2D eigenvalue weighted by atomic mass is 10.2. The third-order valence-electron chi connectivity index (χ3n) is 2.39. The molecule has 0 atom stereocenters. The summed E-state index contributed by atoms with van der Waals surface area (Å²) in [6.45, 7) is 0. The van der Waals surface area contributed by atoms with Gasteiger partial charge in [-0.2, -0.15) is 0 Å². The van der Waals surface area contributed by atoms with E-state index in [-0.39, 0.29) is 0 Å². The summed E-state index contributed by atoms with van der Waals surface area (Å²) in [6, 6.07) is 11.6. The van der Waals surface area contributed by atoms with Gasteiger partial charge in [-0.05, 0) is 6.07 Å². The van der Waals surface area contributed by atoms with Crippen LogP contribution in [0, 0.1) is 0 Å². The van der Waals surface area contributed by atoms with Crippen molar-refractivity contribution in [3.8, 4) is 11.4 Å². The highest BCUT2D eigenvalue weighted by molar-refractivity contribution is 6.34. The Morgan fingerprint density at radius 1 is 1.06 bits per heavy atom. The maximum absolute atomic E-state index is 6.05. The summed E-state index contributed by atoms with van der Waals surface area (Å²) in [7, 11) is 0. The monoisotopic (exact) mass is 229 g/mol. The summed E-state index contributed by atoms with van der Waals surface area (Å²) in [5, 5.41) is 0.639. The Hall–Kier alpha value is -1.87. The molecular weight excluding hydrogens is 222 g/mol. The number of fused-ring (bicyclic) bond motifs is 1. The minimum atomic E-state index is 0.639. The number of aromatic amines is 1. The summed E-state index contributed by atoms with van der Waals surface area (Å²) in [6.07, 6.45) is 1.65. The second-order valence-electron chi connectivity index (χ2n) is 3.44. The van der Waals surface area contributed by atoms with Crippen LogP contribution in [0.25, 0.3) is 22.6 Å². The molecular formula is C12H8ClN3. The molecule has 2 heterocycles. The molecule has 3 rings (SSSR count). The largest absolute Gasteiger partial charge is 0.335 e. The molecule has 0 aliphatic rings. The fraction of sp³-hybridized carbons (Fsp3) is 0. The van der Waals surface area contributed by atoms with Gasteiger partial charge in [0.1, 0.15) is 11.3 Å². The standard InChI is InChI=1S/C12H8ClN3/c13-9-6-7-14-12-10(9)15-11(16-12)8-4-2-1-3-5-8/h1-7H,(H,14,15,16). The van der Waals surface area contributed by atoms with E-state index >= 15 is 0 Å². The highest BCUT2D eigenvalue weighted by Crippen LogP contribution is 2.23. The van der Waals surface area contributed by atoms with E-state index in [0.717, 1.165) is 16.9 Å². The summed E-state index contributed by atoms with van der Waals surface area (Å²) >= 11 is 6.05. The number of benzene rings is 1. The highest BCUT2D eigenvalue weighted by Gasteiger charge is 2.07. The van der Waals surface area contributed by atoms with Gasteiger partial charge in [0.05, 0.1) is 5.02 Å². The van der Waals surface area contributed by atoms with Crippen molar-refractivity contribution in [1.82, 2.24) is 15.0 Å². The molecule has 1 N–H and O–H groups in total. The average Bonchev–Trinajstić information content (AvgIpc) is 2.76. The Balaban J connectivity index is 2.23. The number of H-pyrrole nitrogens is 1. The van der Waals surface area contributed by atoms with Gasteiger partial charge in [-0.15, -0.1) is 0 Å². The molecule has 0 aliphatic carbocycles. The van der Waals surface area contributed by atoms with Crippen LogP contribution in [0.15, 0.2) is 42.6 Å². The lowest BCUT2D eigenvalue weighted by molar-refractivity contribution is 1.30. The highest BCUT2D eigenvalue weighted by atomic mass is 35.5. The van der Waals surface area contributed by atoms with Crippen LogP contribution in [0.3, 0.4) is 0 Å². The quantitative estimate of drug-likeness (QED) is 0.696. The molecule has 0 amide bonds. The number of aromatic nitrogens is 3. The van der Waals surface area contributed by atoms with Crippen LogP contribution >= 0.6 is 11.6 Å². The second kappa shape index (κ2) is 3.61. The maximum atomic E-state index is 6.05. The first-order chi connectivity index (χ1) is 7.84. The molecule has 0 bridgehead atoms. The number of pyridine rings is 1. The van der Waals surface area contributed by atoms with E-state index in [9.17, 15) is 0 Å². The van der Waals surface area contributed by atoms with Crippen LogP contribution in [0.2, 0.25) is 5.02 Å². The number of imidazole rings is 1. The Morgan fingerprint density at radius 2 is 1.88 bits per heavy atom. The molecule has 0 saturated heterocycles. The molecule has 0 spiro atoms. The Kier molecular flexibility index (Phi) is 2.11. The van der Waals surface area contributed by atoms with E-state index in [1.165, 1.54) is 0 Å². The molecule has 78 valence electrons. The van der Waals surface area contributed by atoms with Crippen molar-refractivity contribution in [2.75, 3.05) is 0 Å². The molecule has 0 radical (unpaired) electrons. The zero-order chi connectivity index (χ0) is 11.0. The van der Waals surface area contributed by atoms with Gasteiger partial charge in [0.25, 0.3) is 0 Å². The van der Waals surface area contributed by atoms with Crippen molar-refractivity contribution in [1.29, 1.82) is 0 Å². The molecule has 0 unspecified atom stereocenters. The fourth-order valence-corrected chi connectivity index (χ4v) is 1.80. The van der Waals surface area contributed by atoms with Crippen LogP contribution in [0.5, 0.6) is 0 Å². The summed E-state index contributed by atoms with van der Waals surface area (Å²) < 4.78 is 0. The fourth-order valence-electron chi connectivity index (χ4n) is 1.61. The first-order valence-electron chi connectivity index (χ1n) is 4.90. The van der Waals surface area contributed by atoms with Crippen LogP contribution < -0.4 is 0 Å². The maximum Gasteiger partial charge on any atom is 0.179 e. The predicted molar refractivity (Wildman–Crippen MR) is 64.3 cm³/mol. The van der Waals surface area contributed by atoms with Gasteiger partial charge in [-0.1, -0.05) is 41.9 Å². The van der Waals surface area contributed by atoms with Gasteiger partial charge in [0.15, 0.2) is 5.65 Å². The van der Waals surface area contributed by atoms with E-state index in [1.807, 2.05) is 30.3 Å². The van der Waals surface area contributed by atoms with Crippen LogP contribution in [-0.4, -0.2) is 15.0 Å². The van der Waals surface area contributed by atoms with Crippen molar-refractivity contribution in [3.63, 3.8) is 0 Å². The van der Waals surface area contributed by atoms with Crippen molar-refractivity contribution in [2.24, 2.45) is 0 Å². The molecule has 3 aromatic rings. The molecule has 2 aromatic heterocycles. The number of hydrogen-bond donors (Lipinski definition) is 1. The number of halogens is 1. The van der Waals surface area contributed by atoms with Crippen molar-refractivity contribution in [2.45, 2.75) is 0 Å². The minimum absolute atomic E-state index is 0.639. The topological polar surface area (TPSA) is 41.6 Å². The first-order valence-corrected chi connectivity index (χ1v) is 5.28. The minimum Gasteiger partial charge on any atom is -0.335 e. The number of nitrogens with zero attached hydrogens (tertiary/aromatic N) is 2. The third-order valence-corrected chi connectivity index (χ3v) is 2.70. The van der Waals surface area contributed by atoms with Crippen molar-refractivity contribution in [3.05, 3.63) is 47.6 Å². The third kappa shape index (κ3) is 1.46. The van der Waals surface area contributed by atoms with Crippen molar-refractivity contribution < 1.29 is 0 Å². The first kappa shape index (κ1) is 9.36. The van der Waals surface area contributed by atoms with Gasteiger partial charge in [0.2, 0.25) is 0 Å². The normalized spacial score (nSPS) is 10.8. The van der Waals surface area contributed by atoms with E-state index in [1.54, 1.807) is 12.3 Å². The summed E-state index contributed by atoms with van der Waals surface area (Å²) in [5.74, 6) is 0.788. The predicted octanol–water partition coefficient (Wildman–Crippen LogP) is 3.28. The van der Waals surface area contributed by atoms with Crippen LogP contribution in [0.1, 0.15) is 0 Å². The second-order valence-corrected chi connectivity index (χ2v) is 3.85. The SMILES string of the molecule is Clc1ccnc2nc(-c3ccccc3)[nH]c12. The number of rotatable bonds is 1. The summed E-state index contributed by atoms with van der Waals surface area (Å²) in [5.41, 5.74) is 2.45. The smallest absolute Gasteiger partial charge is 0.179 e. The van der Waals surface area contributed by atoms with Gasteiger partial charge in [0, 0.05) is 11.8 Å². The average molecular weight is 230 g/mol. The Labute approximate surface area is 97.1 Å². The van der Waals surface area contributed by atoms with E-state index in [2.05, 4.69) is 15.0 Å². The summed E-state index contributed by atoms with van der Waals surface area (Å²) in [4.78, 5) is 11.7. The van der Waals surface area contributed by atoms with E-state index in [0.29, 0.717) is 10.7 Å². The zero-order valence-corrected chi connectivity index (χ0v) is 9.07. The molecule has 16 heavy (non-hydrogen) atoms. The van der Waals surface area contributed by atoms with Crippen molar-refractivity contribution >= 4 is 22.8 Å². The lowest BCUT2D eigenvalue weighted by Crippen LogP contribution is -1.78. The molecule has 0 fully saturated rings. The molecule has 4 heteroatoms. The Bertz CT molecular complexity index is 631. The van der Waals surface area contributed by atoms with E-state index in [4.69, 9.17) is 11.6 Å². The Morgan fingerprint density at radius 3 is 2.62 bits per heavy atom. The zero-order valence-electron chi connectivity index (χ0n) is 8.31. The van der Waals surface area contributed by atoms with Gasteiger partial charge >= 0.3 is 0 Å². The molecule has 3 nitrogen and oxygen atoms in total. The van der Waals surface area contributed by atoms with Gasteiger partial charge < -0.3 is 4.98 Å². The lowest BCUT2D eigenvalue weighted by Gasteiger charge is -1.93. The van der Waals surface area contributed by atoms with Crippen LogP contribution in [-0.2, 0) is 0 Å². The molecule has 0 aliphatic heterocycles. The van der Waals surface area contributed by atoms with Gasteiger partial charge in [-0.25, -0.2) is 9.97 Å².